The number of nitrogens with zero attached hydrogens (tertiary/aromatic N) is 2. The standard InChI is InChI=1S/C13H25N3O/c1-10(2)6-15-4-3-11(7-15)8-16-9-12(14)5-13(16)17/h10-12H,3-9,14H2,1-2H3. The first-order valence-corrected chi connectivity index (χ1v) is 6.80. The predicted molar refractivity (Wildman–Crippen MR) is 68.6 cm³/mol. The van der Waals surface area contributed by atoms with E-state index in [4.69, 9.17) is 5.73 Å². The maximum absolute atomic E-state index is 11.7. The van der Waals surface area contributed by atoms with Crippen LogP contribution in [0.1, 0.15) is 26.7 Å². The molecule has 2 saturated heterocycles. The minimum atomic E-state index is 0.0654. The maximum Gasteiger partial charge on any atom is 0.224 e. The second-order valence-corrected chi connectivity index (χ2v) is 6.07. The number of likely N-dealkylation sites (tertiary alicyclic amines) is 2. The SMILES string of the molecule is CC(C)CN1CCC(CN2CC(N)CC2=O)C1. The molecule has 4 nitrogen and oxygen atoms in total. The third-order valence-electron chi connectivity index (χ3n) is 3.72. The van der Waals surface area contributed by atoms with Crippen molar-refractivity contribution in [1.82, 2.24) is 9.80 Å². The second kappa shape index (κ2) is 5.36. The molecule has 1 amide bonds. The highest BCUT2D eigenvalue weighted by molar-refractivity contribution is 5.79. The van der Waals surface area contributed by atoms with Crippen molar-refractivity contribution in [3.05, 3.63) is 0 Å². The van der Waals surface area contributed by atoms with Gasteiger partial charge in [-0.3, -0.25) is 4.79 Å². The lowest BCUT2D eigenvalue weighted by atomic mass is 10.1. The molecule has 2 fully saturated rings. The Labute approximate surface area is 104 Å². The van der Waals surface area contributed by atoms with E-state index >= 15 is 0 Å². The topological polar surface area (TPSA) is 49.6 Å². The van der Waals surface area contributed by atoms with Crippen LogP contribution in [-0.4, -0.2) is 54.5 Å². The van der Waals surface area contributed by atoms with Crippen LogP contribution in [-0.2, 0) is 4.79 Å². The number of nitrogens with two attached hydrogens (primary N) is 1. The zero-order chi connectivity index (χ0) is 12.4. The fourth-order valence-electron chi connectivity index (χ4n) is 3.03. The van der Waals surface area contributed by atoms with Gasteiger partial charge < -0.3 is 15.5 Å². The summed E-state index contributed by atoms with van der Waals surface area (Å²) in [5.41, 5.74) is 5.81. The quantitative estimate of drug-likeness (QED) is 0.778. The van der Waals surface area contributed by atoms with E-state index in [1.807, 2.05) is 4.90 Å². The van der Waals surface area contributed by atoms with Crippen LogP contribution >= 0.6 is 0 Å². The van der Waals surface area contributed by atoms with Gasteiger partial charge in [-0.15, -0.1) is 0 Å². The Hall–Kier alpha value is -0.610. The molecule has 2 aliphatic rings. The summed E-state index contributed by atoms with van der Waals surface area (Å²) < 4.78 is 0. The zero-order valence-corrected chi connectivity index (χ0v) is 11.1. The zero-order valence-electron chi connectivity index (χ0n) is 11.1. The van der Waals surface area contributed by atoms with Crippen molar-refractivity contribution in [3.8, 4) is 0 Å². The summed E-state index contributed by atoms with van der Waals surface area (Å²) in [6.07, 6.45) is 1.77. The molecule has 0 aromatic heterocycles. The van der Waals surface area contributed by atoms with Crippen LogP contribution in [0.2, 0.25) is 0 Å². The lowest BCUT2D eigenvalue weighted by molar-refractivity contribution is -0.128. The van der Waals surface area contributed by atoms with Crippen LogP contribution in [0.5, 0.6) is 0 Å². The van der Waals surface area contributed by atoms with Gasteiger partial charge in [-0.1, -0.05) is 13.8 Å². The van der Waals surface area contributed by atoms with Gasteiger partial charge in [0, 0.05) is 38.6 Å². The molecule has 4 heteroatoms. The molecule has 2 rings (SSSR count). The highest BCUT2D eigenvalue weighted by atomic mass is 16.2. The minimum absolute atomic E-state index is 0.0654. The highest BCUT2D eigenvalue weighted by Crippen LogP contribution is 2.20. The smallest absolute Gasteiger partial charge is 0.224 e. The first-order valence-electron chi connectivity index (χ1n) is 6.80. The Morgan fingerprint density at radius 2 is 2.18 bits per heavy atom. The molecule has 2 heterocycles. The van der Waals surface area contributed by atoms with Gasteiger partial charge in [0.2, 0.25) is 5.91 Å². The van der Waals surface area contributed by atoms with Crippen LogP contribution in [0.3, 0.4) is 0 Å². The molecule has 2 aliphatic heterocycles. The molecule has 17 heavy (non-hydrogen) atoms. The minimum Gasteiger partial charge on any atom is -0.341 e. The Morgan fingerprint density at radius 3 is 2.76 bits per heavy atom. The van der Waals surface area contributed by atoms with Gasteiger partial charge in [0.25, 0.3) is 0 Å². The molecule has 0 radical (unpaired) electrons. The first kappa shape index (κ1) is 12.8. The molecule has 2 N–H and O–H groups in total. The van der Waals surface area contributed by atoms with Crippen LogP contribution in [0.4, 0.5) is 0 Å². The summed E-state index contributed by atoms with van der Waals surface area (Å²) >= 11 is 0. The molecule has 0 bridgehead atoms. The Kier molecular flexibility index (Phi) is 4.05. The largest absolute Gasteiger partial charge is 0.341 e. The average molecular weight is 239 g/mol. The Bertz CT molecular complexity index is 280. The van der Waals surface area contributed by atoms with Crippen LogP contribution in [0.25, 0.3) is 0 Å². The van der Waals surface area contributed by atoms with E-state index in [-0.39, 0.29) is 11.9 Å². The fourth-order valence-corrected chi connectivity index (χ4v) is 3.03. The molecule has 0 aliphatic carbocycles. The third-order valence-corrected chi connectivity index (χ3v) is 3.72. The van der Waals surface area contributed by atoms with Gasteiger partial charge in [0.1, 0.15) is 0 Å². The molecule has 0 spiro atoms. The summed E-state index contributed by atoms with van der Waals surface area (Å²) in [5, 5.41) is 0. The number of amides is 1. The molecule has 98 valence electrons. The van der Waals surface area contributed by atoms with Crippen molar-refractivity contribution in [1.29, 1.82) is 0 Å². The van der Waals surface area contributed by atoms with Crippen molar-refractivity contribution < 1.29 is 4.79 Å². The van der Waals surface area contributed by atoms with E-state index in [1.165, 1.54) is 19.5 Å². The predicted octanol–water partition coefficient (Wildman–Crippen LogP) is 0.524. The van der Waals surface area contributed by atoms with Crippen molar-refractivity contribution in [2.45, 2.75) is 32.7 Å². The van der Waals surface area contributed by atoms with Gasteiger partial charge in [-0.2, -0.15) is 0 Å². The average Bonchev–Trinajstić information content (AvgIpc) is 2.74. The molecular weight excluding hydrogens is 214 g/mol. The fraction of sp³-hybridized carbons (Fsp3) is 0.923. The number of carbonyl (C=O) groups excluding carboxylic acids is 1. The van der Waals surface area contributed by atoms with Gasteiger partial charge in [0.15, 0.2) is 0 Å². The van der Waals surface area contributed by atoms with Crippen LogP contribution < -0.4 is 5.73 Å². The Balaban J connectivity index is 1.76. The van der Waals surface area contributed by atoms with Crippen molar-refractivity contribution in [2.24, 2.45) is 17.6 Å². The summed E-state index contributed by atoms with van der Waals surface area (Å²) in [5.74, 6) is 1.64. The third kappa shape index (κ3) is 3.42. The van der Waals surface area contributed by atoms with E-state index in [0.717, 1.165) is 25.6 Å². The maximum atomic E-state index is 11.7. The second-order valence-electron chi connectivity index (χ2n) is 6.07. The molecule has 2 atom stereocenters. The first-order chi connectivity index (χ1) is 8.04. The Morgan fingerprint density at radius 1 is 1.41 bits per heavy atom. The normalized spacial score (nSPS) is 30.8. The highest BCUT2D eigenvalue weighted by Gasteiger charge is 2.31. The lowest BCUT2D eigenvalue weighted by Crippen LogP contribution is -2.34. The molecule has 0 saturated carbocycles. The summed E-state index contributed by atoms with van der Waals surface area (Å²) in [4.78, 5) is 16.2. The molecular formula is C13H25N3O. The van der Waals surface area contributed by atoms with Crippen molar-refractivity contribution in [3.63, 3.8) is 0 Å². The number of carbonyl (C=O) groups is 1. The van der Waals surface area contributed by atoms with E-state index in [9.17, 15) is 4.79 Å². The number of hydrogen-bond acceptors (Lipinski definition) is 3. The van der Waals surface area contributed by atoms with E-state index < -0.39 is 0 Å². The van der Waals surface area contributed by atoms with Gasteiger partial charge in [-0.05, 0) is 24.8 Å². The van der Waals surface area contributed by atoms with Crippen LogP contribution in [0, 0.1) is 11.8 Å². The molecule has 0 aromatic rings. The van der Waals surface area contributed by atoms with Gasteiger partial charge in [-0.25, -0.2) is 0 Å². The van der Waals surface area contributed by atoms with Gasteiger partial charge >= 0.3 is 0 Å². The summed E-state index contributed by atoms with van der Waals surface area (Å²) in [6.45, 7) is 9.73. The molecule has 2 unspecified atom stereocenters. The van der Waals surface area contributed by atoms with Crippen LogP contribution in [0.15, 0.2) is 0 Å². The lowest BCUT2D eigenvalue weighted by Gasteiger charge is -2.22. The van der Waals surface area contributed by atoms with E-state index in [1.54, 1.807) is 0 Å². The number of hydrogen-bond donors (Lipinski definition) is 1. The van der Waals surface area contributed by atoms with Gasteiger partial charge in [0.05, 0.1) is 0 Å². The molecule has 0 aromatic carbocycles. The van der Waals surface area contributed by atoms with Crippen molar-refractivity contribution in [2.75, 3.05) is 32.7 Å². The monoisotopic (exact) mass is 239 g/mol. The number of rotatable bonds is 4. The van der Waals surface area contributed by atoms with E-state index in [2.05, 4.69) is 18.7 Å². The van der Waals surface area contributed by atoms with E-state index in [0.29, 0.717) is 12.3 Å². The van der Waals surface area contributed by atoms with Crippen molar-refractivity contribution >= 4 is 5.91 Å². The summed E-state index contributed by atoms with van der Waals surface area (Å²) in [6, 6.07) is 0.0654. The summed E-state index contributed by atoms with van der Waals surface area (Å²) in [7, 11) is 0.